The van der Waals surface area contributed by atoms with Crippen LogP contribution in [0.3, 0.4) is 0 Å². The van der Waals surface area contributed by atoms with Crippen molar-refractivity contribution >= 4 is 11.3 Å². The second-order valence-corrected chi connectivity index (χ2v) is 6.16. The van der Waals surface area contributed by atoms with Crippen LogP contribution in [0, 0.1) is 0 Å². The number of rotatable bonds is 8. The number of thiazole rings is 1. The van der Waals surface area contributed by atoms with Crippen molar-refractivity contribution in [2.75, 3.05) is 6.54 Å². The van der Waals surface area contributed by atoms with Crippen molar-refractivity contribution in [3.8, 4) is 0 Å². The molecule has 0 spiro atoms. The van der Waals surface area contributed by atoms with Gasteiger partial charge in [-0.1, -0.05) is 19.9 Å². The third-order valence-corrected chi connectivity index (χ3v) is 3.95. The summed E-state index contributed by atoms with van der Waals surface area (Å²) in [4.78, 5) is 7.17. The van der Waals surface area contributed by atoms with Gasteiger partial charge < -0.3 is 5.32 Å². The molecule has 0 amide bonds. The molecule has 4 heteroatoms. The Balaban J connectivity index is 1.86. The molecular weight excluding hydrogens is 242 g/mol. The maximum Gasteiger partial charge on any atom is 0.107 e. The van der Waals surface area contributed by atoms with Gasteiger partial charge in [-0.15, -0.1) is 17.9 Å². The fourth-order valence-electron chi connectivity index (χ4n) is 1.95. The van der Waals surface area contributed by atoms with E-state index in [-0.39, 0.29) is 0 Å². The second kappa shape index (κ2) is 6.45. The smallest absolute Gasteiger partial charge is 0.107 e. The van der Waals surface area contributed by atoms with Crippen LogP contribution in [0.1, 0.15) is 37.4 Å². The largest absolute Gasteiger partial charge is 0.308 e. The van der Waals surface area contributed by atoms with E-state index >= 15 is 0 Å². The normalized spacial score (nSPS) is 15.6. The Bertz CT molecular complexity index is 382. The van der Waals surface area contributed by atoms with Crippen LogP contribution in [0.5, 0.6) is 0 Å². The van der Waals surface area contributed by atoms with Crippen LogP contribution in [-0.4, -0.2) is 28.5 Å². The molecule has 0 saturated heterocycles. The Morgan fingerprint density at radius 3 is 3.00 bits per heavy atom. The summed E-state index contributed by atoms with van der Waals surface area (Å²) >= 11 is 1.76. The fraction of sp³-hybridized carbons (Fsp3) is 0.643. The van der Waals surface area contributed by atoms with Gasteiger partial charge in [0.25, 0.3) is 0 Å². The van der Waals surface area contributed by atoms with Gasteiger partial charge in [0.15, 0.2) is 0 Å². The van der Waals surface area contributed by atoms with Crippen LogP contribution >= 0.6 is 11.3 Å². The summed E-state index contributed by atoms with van der Waals surface area (Å²) in [6, 6.07) is 1.28. The first-order chi connectivity index (χ1) is 8.69. The van der Waals surface area contributed by atoms with Crippen LogP contribution in [0.25, 0.3) is 0 Å². The van der Waals surface area contributed by atoms with Crippen molar-refractivity contribution < 1.29 is 0 Å². The Labute approximate surface area is 114 Å². The molecule has 18 heavy (non-hydrogen) atoms. The Kier molecular flexibility index (Phi) is 4.92. The Morgan fingerprint density at radius 1 is 1.61 bits per heavy atom. The summed E-state index contributed by atoms with van der Waals surface area (Å²) in [5.41, 5.74) is 1.20. The van der Waals surface area contributed by atoms with Crippen LogP contribution < -0.4 is 5.32 Å². The third kappa shape index (κ3) is 4.19. The average Bonchev–Trinajstić information content (AvgIpc) is 3.08. The molecule has 1 fully saturated rings. The maximum atomic E-state index is 4.69. The van der Waals surface area contributed by atoms with E-state index in [1.54, 1.807) is 11.3 Å². The van der Waals surface area contributed by atoms with Gasteiger partial charge in [0, 0.05) is 37.1 Å². The minimum Gasteiger partial charge on any atom is -0.308 e. The van der Waals surface area contributed by atoms with Gasteiger partial charge >= 0.3 is 0 Å². The number of nitrogens with zero attached hydrogens (tertiary/aromatic N) is 2. The topological polar surface area (TPSA) is 28.2 Å². The second-order valence-electron chi connectivity index (χ2n) is 5.22. The summed E-state index contributed by atoms with van der Waals surface area (Å²) in [5, 5.41) is 6.79. The van der Waals surface area contributed by atoms with Crippen molar-refractivity contribution in [3.05, 3.63) is 28.7 Å². The lowest BCUT2D eigenvalue weighted by Gasteiger charge is -2.18. The monoisotopic (exact) mass is 265 g/mol. The molecule has 1 aromatic heterocycles. The van der Waals surface area contributed by atoms with Crippen LogP contribution in [0.15, 0.2) is 18.0 Å². The van der Waals surface area contributed by atoms with E-state index < -0.39 is 0 Å². The van der Waals surface area contributed by atoms with Gasteiger partial charge in [-0.05, 0) is 12.8 Å². The molecule has 100 valence electrons. The third-order valence-electron chi connectivity index (χ3n) is 3.05. The van der Waals surface area contributed by atoms with E-state index in [1.165, 1.54) is 23.5 Å². The van der Waals surface area contributed by atoms with Gasteiger partial charge in [-0.3, -0.25) is 4.90 Å². The van der Waals surface area contributed by atoms with Gasteiger partial charge in [-0.25, -0.2) is 4.98 Å². The zero-order chi connectivity index (χ0) is 13.0. The summed E-state index contributed by atoms with van der Waals surface area (Å²) in [6.07, 6.45) is 4.66. The molecule has 1 N–H and O–H groups in total. The van der Waals surface area contributed by atoms with Crippen molar-refractivity contribution in [1.82, 2.24) is 15.2 Å². The molecule has 1 heterocycles. The first-order valence-corrected chi connectivity index (χ1v) is 7.58. The van der Waals surface area contributed by atoms with E-state index in [1.807, 2.05) is 6.08 Å². The van der Waals surface area contributed by atoms with E-state index in [0.29, 0.717) is 6.04 Å². The highest BCUT2D eigenvalue weighted by Gasteiger charge is 2.28. The van der Waals surface area contributed by atoms with Crippen molar-refractivity contribution in [1.29, 1.82) is 0 Å². The van der Waals surface area contributed by atoms with Gasteiger partial charge in [0.2, 0.25) is 0 Å². The molecule has 1 aliphatic rings. The zero-order valence-corrected chi connectivity index (χ0v) is 12.2. The molecule has 0 atom stereocenters. The lowest BCUT2D eigenvalue weighted by atomic mass is 10.3. The Morgan fingerprint density at radius 2 is 2.39 bits per heavy atom. The Hall–Kier alpha value is -0.710. The first-order valence-electron chi connectivity index (χ1n) is 6.70. The predicted octanol–water partition coefficient (Wildman–Crippen LogP) is 2.79. The molecule has 0 aliphatic heterocycles. The molecule has 3 nitrogen and oxygen atoms in total. The number of hydrogen-bond donors (Lipinski definition) is 1. The summed E-state index contributed by atoms with van der Waals surface area (Å²) in [5.74, 6) is 0. The van der Waals surface area contributed by atoms with Crippen molar-refractivity contribution in [2.45, 2.75) is 51.9 Å². The lowest BCUT2D eigenvalue weighted by Crippen LogP contribution is -2.26. The maximum absolute atomic E-state index is 4.69. The highest BCUT2D eigenvalue weighted by molar-refractivity contribution is 7.09. The van der Waals surface area contributed by atoms with E-state index in [2.05, 4.69) is 36.0 Å². The molecule has 0 unspecified atom stereocenters. The van der Waals surface area contributed by atoms with Gasteiger partial charge in [0.05, 0.1) is 5.69 Å². The van der Waals surface area contributed by atoms with E-state index in [4.69, 9.17) is 4.98 Å². The average molecular weight is 265 g/mol. The minimum absolute atomic E-state index is 0.515. The molecule has 1 saturated carbocycles. The highest BCUT2D eigenvalue weighted by Crippen LogP contribution is 2.28. The van der Waals surface area contributed by atoms with Crippen molar-refractivity contribution in [2.24, 2.45) is 0 Å². The minimum atomic E-state index is 0.515. The molecule has 1 aliphatic carbocycles. The van der Waals surface area contributed by atoms with Crippen LogP contribution in [-0.2, 0) is 13.1 Å². The summed E-state index contributed by atoms with van der Waals surface area (Å²) in [7, 11) is 0. The quantitative estimate of drug-likeness (QED) is 0.733. The molecule has 0 radical (unpaired) electrons. The van der Waals surface area contributed by atoms with Crippen LogP contribution in [0.2, 0.25) is 0 Å². The highest BCUT2D eigenvalue weighted by atomic mass is 32.1. The number of nitrogens with one attached hydrogen (secondary N) is 1. The molecule has 0 bridgehead atoms. The van der Waals surface area contributed by atoms with E-state index in [0.717, 1.165) is 25.7 Å². The van der Waals surface area contributed by atoms with Crippen LogP contribution in [0.4, 0.5) is 0 Å². The summed E-state index contributed by atoms with van der Waals surface area (Å²) < 4.78 is 0. The fourth-order valence-corrected chi connectivity index (χ4v) is 2.69. The summed E-state index contributed by atoms with van der Waals surface area (Å²) in [6.45, 7) is 11.0. The number of aromatic nitrogens is 1. The van der Waals surface area contributed by atoms with Crippen molar-refractivity contribution in [3.63, 3.8) is 0 Å². The first kappa shape index (κ1) is 13.7. The molecular formula is C14H23N3S. The van der Waals surface area contributed by atoms with E-state index in [9.17, 15) is 0 Å². The molecule has 1 aromatic rings. The standard InChI is InChI=1S/C14H23N3S/c1-4-7-17(13-5-6-13)9-12-10-18-14(16-12)8-15-11(2)3/h4,10-11,13,15H,1,5-9H2,2-3H3. The van der Waals surface area contributed by atoms with Gasteiger partial charge in [0.1, 0.15) is 5.01 Å². The SMILES string of the molecule is C=CCN(Cc1csc(CNC(C)C)n1)C1CC1. The molecule has 2 rings (SSSR count). The molecule has 0 aromatic carbocycles. The predicted molar refractivity (Wildman–Crippen MR) is 77.7 cm³/mol. The lowest BCUT2D eigenvalue weighted by molar-refractivity contribution is 0.281. The van der Waals surface area contributed by atoms with Gasteiger partial charge in [-0.2, -0.15) is 0 Å². The number of hydrogen-bond acceptors (Lipinski definition) is 4. The zero-order valence-electron chi connectivity index (χ0n) is 11.4.